The quantitative estimate of drug-likeness (QED) is 0.811. The molecule has 2 amide bonds. The highest BCUT2D eigenvalue weighted by atomic mass is 35.5. The Bertz CT molecular complexity index is 412. The molecule has 5 nitrogen and oxygen atoms in total. The van der Waals surface area contributed by atoms with Crippen molar-refractivity contribution in [3.8, 4) is 0 Å². The lowest BCUT2D eigenvalue weighted by molar-refractivity contribution is -0.137. The van der Waals surface area contributed by atoms with E-state index < -0.39 is 5.91 Å². The van der Waals surface area contributed by atoms with Gasteiger partial charge in [0.1, 0.15) is 0 Å². The van der Waals surface area contributed by atoms with Gasteiger partial charge in [0.05, 0.1) is 12.6 Å². The summed E-state index contributed by atoms with van der Waals surface area (Å²) < 4.78 is 0. The first-order chi connectivity index (χ1) is 8.56. The second-order valence-electron chi connectivity index (χ2n) is 4.11. The van der Waals surface area contributed by atoms with Crippen molar-refractivity contribution in [1.29, 1.82) is 0 Å². The molecule has 0 saturated heterocycles. The minimum atomic E-state index is -0.525. The summed E-state index contributed by atoms with van der Waals surface area (Å²) in [5.74, 6) is -0.684. The van der Waals surface area contributed by atoms with Crippen LogP contribution in [0.4, 0.5) is 0 Å². The molecule has 0 unspecified atom stereocenters. The standard InChI is InChI=1S/C13H19N3O2.ClH/c1-10(11-5-3-2-4-6-11)16(9-12(15)17)13(18)7-8-14;/h2-6,10H,7-9,14H2,1H3,(H2,15,17);1H/t10-;/m1./s1. The largest absolute Gasteiger partial charge is 0.368 e. The van der Waals surface area contributed by atoms with E-state index in [1.165, 1.54) is 4.90 Å². The van der Waals surface area contributed by atoms with Crippen LogP contribution in [0.1, 0.15) is 24.9 Å². The number of hydrogen-bond donors (Lipinski definition) is 2. The maximum absolute atomic E-state index is 11.9. The van der Waals surface area contributed by atoms with Gasteiger partial charge in [0.15, 0.2) is 0 Å². The van der Waals surface area contributed by atoms with Crippen molar-refractivity contribution >= 4 is 24.2 Å². The molecule has 4 N–H and O–H groups in total. The summed E-state index contributed by atoms with van der Waals surface area (Å²) in [6.07, 6.45) is 0.213. The molecule has 1 rings (SSSR count). The third-order valence-corrected chi connectivity index (χ3v) is 2.75. The van der Waals surface area contributed by atoms with Gasteiger partial charge in [0.25, 0.3) is 0 Å². The van der Waals surface area contributed by atoms with E-state index in [1.807, 2.05) is 37.3 Å². The molecule has 0 heterocycles. The average molecular weight is 286 g/mol. The van der Waals surface area contributed by atoms with Gasteiger partial charge in [-0.3, -0.25) is 9.59 Å². The Hall–Kier alpha value is -1.59. The molecule has 0 bridgehead atoms. The van der Waals surface area contributed by atoms with Crippen molar-refractivity contribution in [3.05, 3.63) is 35.9 Å². The second kappa shape index (κ2) is 8.50. The maximum atomic E-state index is 11.9. The summed E-state index contributed by atoms with van der Waals surface area (Å²) in [6, 6.07) is 9.31. The molecule has 0 spiro atoms. The fraction of sp³-hybridized carbons (Fsp3) is 0.385. The van der Waals surface area contributed by atoms with Gasteiger partial charge < -0.3 is 16.4 Å². The number of carbonyl (C=O) groups is 2. The van der Waals surface area contributed by atoms with Crippen molar-refractivity contribution in [2.45, 2.75) is 19.4 Å². The predicted octanol–water partition coefficient (Wildman–Crippen LogP) is 0.832. The molecule has 0 aliphatic carbocycles. The number of primary amides is 1. The molecule has 0 aliphatic rings. The van der Waals surface area contributed by atoms with Crippen LogP contribution in [-0.2, 0) is 9.59 Å². The fourth-order valence-electron chi connectivity index (χ4n) is 1.79. The van der Waals surface area contributed by atoms with E-state index >= 15 is 0 Å². The van der Waals surface area contributed by atoms with Gasteiger partial charge in [0.2, 0.25) is 11.8 Å². The van der Waals surface area contributed by atoms with Crippen LogP contribution < -0.4 is 11.5 Å². The Morgan fingerprint density at radius 1 is 1.26 bits per heavy atom. The maximum Gasteiger partial charge on any atom is 0.237 e. The van der Waals surface area contributed by atoms with Crippen LogP contribution in [0, 0.1) is 0 Å². The molecule has 6 heteroatoms. The molecule has 106 valence electrons. The van der Waals surface area contributed by atoms with E-state index in [9.17, 15) is 9.59 Å². The molecule has 0 radical (unpaired) electrons. The summed E-state index contributed by atoms with van der Waals surface area (Å²) in [5, 5.41) is 0. The van der Waals surface area contributed by atoms with Crippen LogP contribution in [0.5, 0.6) is 0 Å². The molecule has 0 aromatic heterocycles. The number of benzene rings is 1. The lowest BCUT2D eigenvalue weighted by Gasteiger charge is -2.28. The van der Waals surface area contributed by atoms with Crippen LogP contribution in [-0.4, -0.2) is 29.8 Å². The lowest BCUT2D eigenvalue weighted by Crippen LogP contribution is -2.40. The van der Waals surface area contributed by atoms with Crippen LogP contribution in [0.3, 0.4) is 0 Å². The second-order valence-corrected chi connectivity index (χ2v) is 4.11. The van der Waals surface area contributed by atoms with E-state index in [0.717, 1.165) is 5.56 Å². The van der Waals surface area contributed by atoms with Crippen molar-refractivity contribution in [3.63, 3.8) is 0 Å². The third kappa shape index (κ3) is 5.28. The van der Waals surface area contributed by atoms with E-state index in [2.05, 4.69) is 0 Å². The van der Waals surface area contributed by atoms with Crippen LogP contribution in [0.2, 0.25) is 0 Å². The van der Waals surface area contributed by atoms with Crippen molar-refractivity contribution in [2.24, 2.45) is 11.5 Å². The molecule has 1 aromatic carbocycles. The number of nitrogens with zero attached hydrogens (tertiary/aromatic N) is 1. The van der Waals surface area contributed by atoms with Gasteiger partial charge in [0, 0.05) is 13.0 Å². The van der Waals surface area contributed by atoms with Gasteiger partial charge in [-0.1, -0.05) is 30.3 Å². The summed E-state index contributed by atoms with van der Waals surface area (Å²) in [4.78, 5) is 24.4. The first-order valence-electron chi connectivity index (χ1n) is 5.89. The predicted molar refractivity (Wildman–Crippen MR) is 76.7 cm³/mol. The van der Waals surface area contributed by atoms with E-state index in [4.69, 9.17) is 11.5 Å². The van der Waals surface area contributed by atoms with Gasteiger partial charge in [-0.25, -0.2) is 0 Å². The Morgan fingerprint density at radius 2 is 1.84 bits per heavy atom. The van der Waals surface area contributed by atoms with Crippen molar-refractivity contribution in [2.75, 3.05) is 13.1 Å². The summed E-state index contributed by atoms with van der Waals surface area (Å²) in [5.41, 5.74) is 11.5. The van der Waals surface area contributed by atoms with E-state index in [1.54, 1.807) is 0 Å². The molecule has 1 aromatic rings. The van der Waals surface area contributed by atoms with Crippen molar-refractivity contribution in [1.82, 2.24) is 4.90 Å². The molecule has 0 fully saturated rings. The zero-order chi connectivity index (χ0) is 13.5. The lowest BCUT2D eigenvalue weighted by atomic mass is 10.1. The molecule has 19 heavy (non-hydrogen) atoms. The number of amides is 2. The van der Waals surface area contributed by atoms with Crippen LogP contribution in [0.25, 0.3) is 0 Å². The molecular weight excluding hydrogens is 266 g/mol. The monoisotopic (exact) mass is 285 g/mol. The smallest absolute Gasteiger partial charge is 0.237 e. The third-order valence-electron chi connectivity index (χ3n) is 2.75. The Morgan fingerprint density at radius 3 is 2.32 bits per heavy atom. The number of nitrogens with two attached hydrogens (primary N) is 2. The van der Waals surface area contributed by atoms with E-state index in [-0.39, 0.29) is 43.9 Å². The number of rotatable bonds is 6. The molecule has 0 saturated carbocycles. The van der Waals surface area contributed by atoms with Gasteiger partial charge in [-0.2, -0.15) is 0 Å². The van der Waals surface area contributed by atoms with Crippen molar-refractivity contribution < 1.29 is 9.59 Å². The Labute approximate surface area is 119 Å². The van der Waals surface area contributed by atoms with Gasteiger partial charge >= 0.3 is 0 Å². The Kier molecular flexibility index (Phi) is 7.79. The number of halogens is 1. The summed E-state index contributed by atoms with van der Waals surface area (Å²) >= 11 is 0. The fourth-order valence-corrected chi connectivity index (χ4v) is 1.79. The molecule has 0 aliphatic heterocycles. The normalized spacial score (nSPS) is 11.3. The zero-order valence-electron chi connectivity index (χ0n) is 10.9. The highest BCUT2D eigenvalue weighted by Gasteiger charge is 2.22. The van der Waals surface area contributed by atoms with Gasteiger partial charge in [-0.05, 0) is 12.5 Å². The zero-order valence-corrected chi connectivity index (χ0v) is 11.7. The minimum absolute atomic E-state index is 0. The SMILES string of the molecule is C[C@H](c1ccccc1)N(CC(N)=O)C(=O)CCN.Cl. The minimum Gasteiger partial charge on any atom is -0.368 e. The topological polar surface area (TPSA) is 89.4 Å². The first-order valence-corrected chi connectivity index (χ1v) is 5.89. The first kappa shape index (κ1) is 17.4. The summed E-state index contributed by atoms with van der Waals surface area (Å²) in [7, 11) is 0. The van der Waals surface area contributed by atoms with Crippen LogP contribution in [0.15, 0.2) is 30.3 Å². The highest BCUT2D eigenvalue weighted by molar-refractivity contribution is 5.85. The number of carbonyl (C=O) groups excluding carboxylic acids is 2. The van der Waals surface area contributed by atoms with E-state index in [0.29, 0.717) is 0 Å². The molecular formula is C13H20ClN3O2. The van der Waals surface area contributed by atoms with Crippen LogP contribution >= 0.6 is 12.4 Å². The number of hydrogen-bond acceptors (Lipinski definition) is 3. The highest BCUT2D eigenvalue weighted by Crippen LogP contribution is 2.20. The summed E-state index contributed by atoms with van der Waals surface area (Å²) in [6.45, 7) is 2.04. The van der Waals surface area contributed by atoms with Gasteiger partial charge in [-0.15, -0.1) is 12.4 Å². The average Bonchev–Trinajstić information content (AvgIpc) is 2.36. The Balaban J connectivity index is 0.00000324. The molecule has 1 atom stereocenters.